The van der Waals surface area contributed by atoms with Crippen LogP contribution in [0.1, 0.15) is 60.2 Å². The molecule has 2 heterocycles. The van der Waals surface area contributed by atoms with Crippen LogP contribution in [0.25, 0.3) is 0 Å². The van der Waals surface area contributed by atoms with Crippen LogP contribution in [0, 0.1) is 32.8 Å². The van der Waals surface area contributed by atoms with Crippen molar-refractivity contribution in [3.63, 3.8) is 0 Å². The molecule has 5 rings (SSSR count). The van der Waals surface area contributed by atoms with E-state index in [4.69, 9.17) is 14.2 Å². The van der Waals surface area contributed by atoms with Crippen LogP contribution in [0.15, 0.2) is 84.7 Å². The average Bonchev–Trinajstić information content (AvgIpc) is 3.41. The Morgan fingerprint density at radius 2 is 1.98 bits per heavy atom. The van der Waals surface area contributed by atoms with Crippen molar-refractivity contribution >= 4 is 23.6 Å². The van der Waals surface area contributed by atoms with Gasteiger partial charge in [0.25, 0.3) is 5.69 Å². The van der Waals surface area contributed by atoms with Gasteiger partial charge in [-0.25, -0.2) is 14.4 Å². The molecular formula is C33H34N2O8. The fourth-order valence-corrected chi connectivity index (χ4v) is 7.14. The van der Waals surface area contributed by atoms with E-state index in [9.17, 15) is 24.5 Å². The van der Waals surface area contributed by atoms with Crippen LogP contribution < -0.4 is 0 Å². The molecular weight excluding hydrogens is 552 g/mol. The van der Waals surface area contributed by atoms with E-state index in [1.165, 1.54) is 24.4 Å². The lowest BCUT2D eigenvalue weighted by atomic mass is 9.46. The third kappa shape index (κ3) is 5.74. The number of para-hydroxylation sites is 1. The van der Waals surface area contributed by atoms with Crippen molar-refractivity contribution in [3.05, 3.63) is 106 Å². The number of rotatable bonds is 8. The van der Waals surface area contributed by atoms with Crippen molar-refractivity contribution in [1.82, 2.24) is 4.98 Å². The zero-order valence-corrected chi connectivity index (χ0v) is 24.2. The van der Waals surface area contributed by atoms with Gasteiger partial charge in [0.2, 0.25) is 0 Å². The molecule has 0 amide bonds. The summed E-state index contributed by atoms with van der Waals surface area (Å²) in [6.07, 6.45) is 10.5. The summed E-state index contributed by atoms with van der Waals surface area (Å²) in [7, 11) is 0. The van der Waals surface area contributed by atoms with E-state index in [0.717, 1.165) is 5.57 Å². The summed E-state index contributed by atoms with van der Waals surface area (Å²) in [6.45, 7) is 8.61. The van der Waals surface area contributed by atoms with Gasteiger partial charge < -0.3 is 14.2 Å². The monoisotopic (exact) mass is 586 g/mol. The molecule has 0 spiro atoms. The number of hydrogen-bond acceptors (Lipinski definition) is 9. The van der Waals surface area contributed by atoms with Crippen LogP contribution >= 0.6 is 0 Å². The third-order valence-corrected chi connectivity index (χ3v) is 9.38. The number of carbonyl (C=O) groups excluding carboxylic acids is 3. The van der Waals surface area contributed by atoms with Crippen molar-refractivity contribution in [1.29, 1.82) is 0 Å². The molecule has 0 bridgehead atoms. The second kappa shape index (κ2) is 11.9. The Morgan fingerprint density at radius 1 is 1.19 bits per heavy atom. The molecule has 1 aromatic carbocycles. The summed E-state index contributed by atoms with van der Waals surface area (Å²) < 4.78 is 17.0. The molecule has 0 N–H and O–H groups in total. The number of esters is 3. The first-order chi connectivity index (χ1) is 20.5. The van der Waals surface area contributed by atoms with Gasteiger partial charge >= 0.3 is 17.9 Å². The first kappa shape index (κ1) is 29.9. The molecule has 0 saturated heterocycles. The first-order valence-corrected chi connectivity index (χ1v) is 14.3. The second-order valence-corrected chi connectivity index (χ2v) is 11.9. The highest BCUT2D eigenvalue weighted by Crippen LogP contribution is 2.62. The normalized spacial score (nSPS) is 28.5. The minimum atomic E-state index is -0.845. The molecule has 1 aliphatic heterocycles. The molecule has 10 heteroatoms. The maximum Gasteiger partial charge on any atom is 0.345 e. The summed E-state index contributed by atoms with van der Waals surface area (Å²) in [5, 5.41) is 11.6. The average molecular weight is 587 g/mol. The highest BCUT2D eigenvalue weighted by Gasteiger charge is 2.59. The zero-order chi connectivity index (χ0) is 30.8. The first-order valence-electron chi connectivity index (χ1n) is 14.3. The maximum atomic E-state index is 13.2. The van der Waals surface area contributed by atoms with Gasteiger partial charge in [-0.05, 0) is 61.3 Å². The smallest absolute Gasteiger partial charge is 0.345 e. The molecule has 0 radical (unpaired) electrons. The standard InChI is InChI=1S/C33H34N2O8/c1-21-10-13-27-32(2,25(21)12-11-22-15-18-41-29(22)36)16-14-28(43-30(37)23-7-6-17-34-19-23)33(27,3)20-42-31(38)24-8-4-5-9-26(24)35(39)40/h4-9,11-12,15,17,19,25,27-28H,1,10,13-14,16,18,20H2,2-3H3/b12-11+/t25-,27+,28-,32+,33+/m1/s1. The van der Waals surface area contributed by atoms with Gasteiger partial charge in [-0.1, -0.05) is 50.3 Å². The number of cyclic esters (lactones) is 1. The minimum absolute atomic E-state index is 0.0938. The van der Waals surface area contributed by atoms with Gasteiger partial charge in [0.15, 0.2) is 0 Å². The molecule has 1 aromatic heterocycles. The van der Waals surface area contributed by atoms with Crippen molar-refractivity contribution in [2.75, 3.05) is 13.2 Å². The number of nitro benzene ring substituents is 1. The van der Waals surface area contributed by atoms with Crippen LogP contribution in [0.5, 0.6) is 0 Å². The quantitative estimate of drug-likeness (QED) is 0.124. The Kier molecular flexibility index (Phi) is 8.30. The maximum absolute atomic E-state index is 13.2. The lowest BCUT2D eigenvalue weighted by Gasteiger charge is -2.59. The fourth-order valence-electron chi connectivity index (χ4n) is 7.14. The van der Waals surface area contributed by atoms with Crippen LogP contribution in [-0.4, -0.2) is 47.1 Å². The number of ether oxygens (including phenoxy) is 3. The Labute approximate surface area is 249 Å². The predicted octanol–water partition coefficient (Wildman–Crippen LogP) is 5.80. The molecule has 2 fully saturated rings. The summed E-state index contributed by atoms with van der Waals surface area (Å²) in [4.78, 5) is 53.5. The van der Waals surface area contributed by atoms with E-state index in [1.807, 2.05) is 13.0 Å². The van der Waals surface area contributed by atoms with Gasteiger partial charge in [0.05, 0.1) is 16.1 Å². The number of nitro groups is 1. The summed E-state index contributed by atoms with van der Waals surface area (Å²) in [6, 6.07) is 8.93. The van der Waals surface area contributed by atoms with Crippen molar-refractivity contribution in [3.8, 4) is 0 Å². The zero-order valence-electron chi connectivity index (χ0n) is 24.2. The van der Waals surface area contributed by atoms with Gasteiger partial charge in [0, 0.05) is 29.8 Å². The summed E-state index contributed by atoms with van der Waals surface area (Å²) >= 11 is 0. The van der Waals surface area contributed by atoms with Gasteiger partial charge in [0.1, 0.15) is 24.9 Å². The molecule has 224 valence electrons. The van der Waals surface area contributed by atoms with E-state index in [0.29, 0.717) is 36.8 Å². The Bertz CT molecular complexity index is 1520. The number of hydrogen-bond donors (Lipinski definition) is 0. The van der Waals surface area contributed by atoms with E-state index < -0.39 is 28.4 Å². The van der Waals surface area contributed by atoms with Crippen LogP contribution in [0.3, 0.4) is 0 Å². The molecule has 2 aromatic rings. The number of pyridine rings is 1. The number of fused-ring (bicyclic) bond motifs is 1. The SMILES string of the molecule is C=C1CC[C@@H]2[C@](C)(COC(=O)c3ccccc3[N+](=O)[O-])[C@H](OC(=O)c3cccnc3)CC[C@@]2(C)[C@@H]1/C=C/C1=CCOC1=O. The Hall–Kier alpha value is -4.60. The van der Waals surface area contributed by atoms with Crippen molar-refractivity contribution in [2.45, 2.75) is 45.6 Å². The third-order valence-electron chi connectivity index (χ3n) is 9.38. The van der Waals surface area contributed by atoms with Gasteiger partial charge in [-0.2, -0.15) is 0 Å². The van der Waals surface area contributed by atoms with E-state index in [-0.39, 0.29) is 47.7 Å². The van der Waals surface area contributed by atoms with E-state index >= 15 is 0 Å². The topological polar surface area (TPSA) is 135 Å². The summed E-state index contributed by atoms with van der Waals surface area (Å²) in [5.74, 6) is -1.90. The molecule has 10 nitrogen and oxygen atoms in total. The Balaban J connectivity index is 1.47. The lowest BCUT2D eigenvalue weighted by Crippen LogP contribution is -2.58. The number of aromatic nitrogens is 1. The fraction of sp³-hybridized carbons (Fsp3) is 0.394. The Morgan fingerprint density at radius 3 is 2.67 bits per heavy atom. The number of allylic oxidation sites excluding steroid dienone is 2. The van der Waals surface area contributed by atoms with E-state index in [1.54, 1.807) is 36.5 Å². The van der Waals surface area contributed by atoms with Crippen molar-refractivity contribution in [2.24, 2.45) is 22.7 Å². The number of carbonyl (C=O) groups is 3. The lowest BCUT2D eigenvalue weighted by molar-refractivity contribution is -0.385. The molecule has 3 aliphatic rings. The van der Waals surface area contributed by atoms with Crippen LogP contribution in [-0.2, 0) is 19.0 Å². The van der Waals surface area contributed by atoms with E-state index in [2.05, 4.69) is 18.5 Å². The number of benzene rings is 1. The molecule has 43 heavy (non-hydrogen) atoms. The van der Waals surface area contributed by atoms with Crippen LogP contribution in [0.2, 0.25) is 0 Å². The minimum Gasteiger partial charge on any atom is -0.461 e. The molecule has 2 saturated carbocycles. The molecule has 0 unspecified atom stereocenters. The largest absolute Gasteiger partial charge is 0.461 e. The van der Waals surface area contributed by atoms with Crippen LogP contribution in [0.4, 0.5) is 5.69 Å². The van der Waals surface area contributed by atoms with Gasteiger partial charge in [-0.3, -0.25) is 15.1 Å². The number of nitrogens with zero attached hydrogens (tertiary/aromatic N) is 2. The summed E-state index contributed by atoms with van der Waals surface area (Å²) in [5.41, 5.74) is 0.141. The molecule has 2 aliphatic carbocycles. The highest BCUT2D eigenvalue weighted by molar-refractivity contribution is 5.94. The second-order valence-electron chi connectivity index (χ2n) is 11.9. The van der Waals surface area contributed by atoms with Gasteiger partial charge in [-0.15, -0.1) is 0 Å². The van der Waals surface area contributed by atoms with Crippen molar-refractivity contribution < 1.29 is 33.5 Å². The molecule has 5 atom stereocenters. The predicted molar refractivity (Wildman–Crippen MR) is 156 cm³/mol. The highest BCUT2D eigenvalue weighted by atomic mass is 16.6.